The van der Waals surface area contributed by atoms with Crippen LogP contribution in [0.3, 0.4) is 0 Å². The molecule has 1 aliphatic heterocycles. The van der Waals surface area contributed by atoms with Gasteiger partial charge in [-0.25, -0.2) is 9.79 Å². The number of hydrogen-bond donors (Lipinski definition) is 0. The maximum Gasteiger partial charge on any atom is 0.338 e. The number of aromatic nitrogens is 1. The molecular formula is C30H26N2O3S2. The molecule has 1 aliphatic rings. The monoisotopic (exact) mass is 526 g/mol. The lowest BCUT2D eigenvalue weighted by Crippen LogP contribution is -2.39. The van der Waals surface area contributed by atoms with Crippen molar-refractivity contribution in [2.24, 2.45) is 4.99 Å². The predicted molar refractivity (Wildman–Crippen MR) is 149 cm³/mol. The molecule has 186 valence electrons. The van der Waals surface area contributed by atoms with Crippen molar-refractivity contribution in [1.29, 1.82) is 0 Å². The molecule has 0 aliphatic carbocycles. The van der Waals surface area contributed by atoms with Crippen LogP contribution in [0.5, 0.6) is 0 Å². The lowest BCUT2D eigenvalue weighted by atomic mass is 9.96. The number of aryl methyl sites for hydroxylation is 1. The molecule has 2 heterocycles. The molecule has 1 atom stereocenters. The van der Waals surface area contributed by atoms with Crippen molar-refractivity contribution < 1.29 is 9.53 Å². The zero-order valence-corrected chi connectivity index (χ0v) is 22.4. The maximum atomic E-state index is 13.7. The minimum Gasteiger partial charge on any atom is -0.457 e. The van der Waals surface area contributed by atoms with Gasteiger partial charge in [0, 0.05) is 4.90 Å². The molecule has 0 fully saturated rings. The maximum absolute atomic E-state index is 13.7. The Morgan fingerprint density at radius 2 is 1.73 bits per heavy atom. The first-order chi connectivity index (χ1) is 17.9. The Labute approximate surface area is 223 Å². The zero-order valence-electron chi connectivity index (χ0n) is 20.8. The number of carbonyl (C=O) groups excluding carboxylic acids is 1. The summed E-state index contributed by atoms with van der Waals surface area (Å²) >= 11 is 2.97. The number of nitrogens with zero attached hydrogens (tertiary/aromatic N) is 2. The molecule has 5 rings (SSSR count). The highest BCUT2D eigenvalue weighted by molar-refractivity contribution is 7.98. The van der Waals surface area contributed by atoms with E-state index >= 15 is 0 Å². The molecule has 0 spiro atoms. The molecule has 0 radical (unpaired) electrons. The number of thiazole rings is 1. The molecule has 4 aromatic rings. The second-order valence-corrected chi connectivity index (χ2v) is 10.7. The van der Waals surface area contributed by atoms with E-state index in [4.69, 9.17) is 4.74 Å². The van der Waals surface area contributed by atoms with E-state index in [0.29, 0.717) is 20.6 Å². The highest BCUT2D eigenvalue weighted by Crippen LogP contribution is 2.32. The number of carbonyl (C=O) groups is 1. The topological polar surface area (TPSA) is 60.7 Å². The van der Waals surface area contributed by atoms with Gasteiger partial charge in [-0.3, -0.25) is 9.36 Å². The number of rotatable bonds is 6. The molecule has 0 saturated heterocycles. The number of ether oxygens (including phenoxy) is 1. The van der Waals surface area contributed by atoms with Gasteiger partial charge < -0.3 is 4.74 Å². The van der Waals surface area contributed by atoms with Crippen LogP contribution in [-0.2, 0) is 16.1 Å². The van der Waals surface area contributed by atoms with Crippen molar-refractivity contribution in [3.05, 3.63) is 132 Å². The molecule has 5 nitrogen and oxygen atoms in total. The summed E-state index contributed by atoms with van der Waals surface area (Å²) in [6, 6.07) is 24.9. The van der Waals surface area contributed by atoms with Gasteiger partial charge in [0.1, 0.15) is 6.61 Å². The number of esters is 1. The van der Waals surface area contributed by atoms with E-state index in [0.717, 1.165) is 27.1 Å². The first-order valence-corrected chi connectivity index (χ1v) is 13.9. The van der Waals surface area contributed by atoms with Crippen LogP contribution in [0.25, 0.3) is 6.08 Å². The van der Waals surface area contributed by atoms with E-state index in [1.54, 1.807) is 23.3 Å². The van der Waals surface area contributed by atoms with Gasteiger partial charge in [0.15, 0.2) is 4.80 Å². The summed E-state index contributed by atoms with van der Waals surface area (Å²) in [7, 11) is 0. The SMILES string of the molecule is CSc1ccc([C@@H]2C(C(=O)OCc3ccccc3)=C(C)N=c3s/c(=C/c4ccc(C)cc4)c(=O)n32)cc1. The van der Waals surface area contributed by atoms with Gasteiger partial charge in [-0.15, -0.1) is 11.8 Å². The van der Waals surface area contributed by atoms with Crippen LogP contribution < -0.4 is 14.9 Å². The van der Waals surface area contributed by atoms with Gasteiger partial charge >= 0.3 is 5.97 Å². The van der Waals surface area contributed by atoms with E-state index in [-0.39, 0.29) is 12.2 Å². The molecule has 0 N–H and O–H groups in total. The second kappa shape index (κ2) is 10.7. The first kappa shape index (κ1) is 25.0. The van der Waals surface area contributed by atoms with Crippen LogP contribution in [0.2, 0.25) is 0 Å². The molecular weight excluding hydrogens is 500 g/mol. The van der Waals surface area contributed by atoms with Crippen LogP contribution in [0, 0.1) is 6.92 Å². The van der Waals surface area contributed by atoms with Crippen molar-refractivity contribution in [1.82, 2.24) is 4.57 Å². The number of allylic oxidation sites excluding steroid dienone is 1. The number of thioether (sulfide) groups is 1. The third-order valence-electron chi connectivity index (χ3n) is 6.26. The standard InChI is InChI=1S/C30H26N2O3S2/c1-19-9-11-21(12-10-19)17-25-28(33)32-27(23-13-15-24(36-3)16-14-23)26(20(2)31-30(32)37-25)29(34)35-18-22-7-5-4-6-8-22/h4-17,27H,18H2,1-3H3/b25-17+/t27-/m1/s1. The fourth-order valence-corrected chi connectivity index (χ4v) is 5.75. The zero-order chi connectivity index (χ0) is 25.9. The summed E-state index contributed by atoms with van der Waals surface area (Å²) in [4.78, 5) is 33.6. The molecule has 0 saturated carbocycles. The fourth-order valence-electron chi connectivity index (χ4n) is 4.30. The normalized spacial score (nSPS) is 15.3. The fraction of sp³-hybridized carbons (Fsp3) is 0.167. The average molecular weight is 527 g/mol. The van der Waals surface area contributed by atoms with Crippen LogP contribution in [-0.4, -0.2) is 16.8 Å². The van der Waals surface area contributed by atoms with Crippen LogP contribution in [0.4, 0.5) is 0 Å². The van der Waals surface area contributed by atoms with Gasteiger partial charge in [0.2, 0.25) is 0 Å². The Morgan fingerprint density at radius 3 is 2.41 bits per heavy atom. The summed E-state index contributed by atoms with van der Waals surface area (Å²) in [6.07, 6.45) is 3.89. The molecule has 37 heavy (non-hydrogen) atoms. The minimum atomic E-state index is -0.629. The van der Waals surface area contributed by atoms with Crippen LogP contribution in [0.15, 0.2) is 105 Å². The quantitative estimate of drug-likeness (QED) is 0.262. The lowest BCUT2D eigenvalue weighted by molar-refractivity contribution is -0.140. The van der Waals surface area contributed by atoms with E-state index in [1.807, 2.05) is 98.1 Å². The Bertz CT molecular complexity index is 1650. The highest BCUT2D eigenvalue weighted by Gasteiger charge is 2.33. The van der Waals surface area contributed by atoms with Gasteiger partial charge in [-0.1, -0.05) is 83.6 Å². The largest absolute Gasteiger partial charge is 0.457 e. The number of fused-ring (bicyclic) bond motifs is 1. The molecule has 3 aromatic carbocycles. The van der Waals surface area contributed by atoms with Crippen LogP contribution in [0.1, 0.15) is 35.2 Å². The summed E-state index contributed by atoms with van der Waals surface area (Å²) in [5.41, 5.74) is 4.58. The Balaban J connectivity index is 1.61. The van der Waals surface area contributed by atoms with E-state index in [1.165, 1.54) is 11.3 Å². The summed E-state index contributed by atoms with van der Waals surface area (Å²) in [6.45, 7) is 3.98. The van der Waals surface area contributed by atoms with Crippen molar-refractivity contribution in [3.63, 3.8) is 0 Å². The van der Waals surface area contributed by atoms with Crippen molar-refractivity contribution in [3.8, 4) is 0 Å². The summed E-state index contributed by atoms with van der Waals surface area (Å²) in [5, 5.41) is 0. The predicted octanol–water partition coefficient (Wildman–Crippen LogP) is 5.01. The third-order valence-corrected chi connectivity index (χ3v) is 7.99. The van der Waals surface area contributed by atoms with Gasteiger partial charge in [-0.05, 0) is 55.0 Å². The van der Waals surface area contributed by atoms with Crippen LogP contribution >= 0.6 is 23.1 Å². The molecule has 0 amide bonds. The molecule has 0 unspecified atom stereocenters. The van der Waals surface area contributed by atoms with E-state index < -0.39 is 12.0 Å². The van der Waals surface area contributed by atoms with E-state index in [2.05, 4.69) is 4.99 Å². The van der Waals surface area contributed by atoms with Crippen molar-refractivity contribution in [2.75, 3.05) is 6.26 Å². The van der Waals surface area contributed by atoms with Gasteiger partial charge in [-0.2, -0.15) is 0 Å². The Morgan fingerprint density at radius 1 is 1.03 bits per heavy atom. The third kappa shape index (κ3) is 5.24. The van der Waals surface area contributed by atoms with Gasteiger partial charge in [0.05, 0.1) is 21.8 Å². The summed E-state index contributed by atoms with van der Waals surface area (Å²) < 4.78 is 7.92. The van der Waals surface area contributed by atoms with Crippen molar-refractivity contribution in [2.45, 2.75) is 31.4 Å². The first-order valence-electron chi connectivity index (χ1n) is 11.9. The van der Waals surface area contributed by atoms with Crippen molar-refractivity contribution >= 4 is 35.1 Å². The van der Waals surface area contributed by atoms with E-state index in [9.17, 15) is 9.59 Å². The molecule has 7 heteroatoms. The highest BCUT2D eigenvalue weighted by atomic mass is 32.2. The smallest absolute Gasteiger partial charge is 0.338 e. The Hall–Kier alpha value is -3.68. The minimum absolute atomic E-state index is 0.145. The second-order valence-electron chi connectivity index (χ2n) is 8.83. The molecule has 0 bridgehead atoms. The van der Waals surface area contributed by atoms with Gasteiger partial charge in [0.25, 0.3) is 5.56 Å². The number of hydrogen-bond acceptors (Lipinski definition) is 6. The average Bonchev–Trinajstić information content (AvgIpc) is 3.22. The summed E-state index contributed by atoms with van der Waals surface area (Å²) in [5.74, 6) is -0.475. The number of benzene rings is 3. The lowest BCUT2D eigenvalue weighted by Gasteiger charge is -2.25. The molecule has 1 aromatic heterocycles. The Kier molecular flexibility index (Phi) is 7.26.